The average Bonchev–Trinajstić information content (AvgIpc) is 3.89. The van der Waals surface area contributed by atoms with Crippen molar-refractivity contribution in [2.75, 3.05) is 40.8 Å². The number of aromatic nitrogens is 4. The van der Waals surface area contributed by atoms with Crippen LogP contribution in [0.2, 0.25) is 0 Å². The Morgan fingerprint density at radius 3 is 1.84 bits per heavy atom. The van der Waals surface area contributed by atoms with E-state index in [9.17, 15) is 14.4 Å². The molecule has 6 aromatic rings. The molecular formula is C44H50N8O4. The van der Waals surface area contributed by atoms with Gasteiger partial charge in [0.2, 0.25) is 11.8 Å². The molecule has 0 radical (unpaired) electrons. The van der Waals surface area contributed by atoms with Gasteiger partial charge in [0.15, 0.2) is 0 Å². The highest BCUT2D eigenvalue weighted by molar-refractivity contribution is 5.90. The molecule has 12 nitrogen and oxygen atoms in total. The second-order valence-electron chi connectivity index (χ2n) is 14.0. The zero-order valence-electron chi connectivity index (χ0n) is 32.7. The summed E-state index contributed by atoms with van der Waals surface area (Å²) in [4.78, 5) is 59.5. The van der Waals surface area contributed by atoms with Gasteiger partial charge < -0.3 is 29.8 Å². The SMILES string of the molecule is CCCN(Cc1ncc(-c2ccc3cc(-c4ccc(-c5cnc(CN(CCC)C(=O)C(c6ccccc6)N(C)C)[nH]5)cc4)ccc3c2)[nH]1)C(=O)CNC(=O)OC. The highest BCUT2D eigenvalue weighted by atomic mass is 16.5. The van der Waals surface area contributed by atoms with Gasteiger partial charge >= 0.3 is 6.09 Å². The topological polar surface area (TPSA) is 140 Å². The molecule has 0 aliphatic heterocycles. The Morgan fingerprint density at radius 2 is 1.23 bits per heavy atom. The first-order chi connectivity index (χ1) is 27.2. The van der Waals surface area contributed by atoms with Crippen molar-refractivity contribution in [1.29, 1.82) is 0 Å². The second kappa shape index (κ2) is 18.4. The molecule has 290 valence electrons. The highest BCUT2D eigenvalue weighted by Gasteiger charge is 2.28. The molecule has 0 saturated carbocycles. The van der Waals surface area contributed by atoms with Crippen molar-refractivity contribution in [2.24, 2.45) is 0 Å². The van der Waals surface area contributed by atoms with Crippen LogP contribution in [0.5, 0.6) is 0 Å². The lowest BCUT2D eigenvalue weighted by molar-refractivity contribution is -0.137. The van der Waals surface area contributed by atoms with Crippen molar-refractivity contribution in [3.8, 4) is 33.6 Å². The number of alkyl carbamates (subject to hydrolysis) is 1. The third-order valence-electron chi connectivity index (χ3n) is 9.71. The van der Waals surface area contributed by atoms with E-state index in [0.29, 0.717) is 32.0 Å². The summed E-state index contributed by atoms with van der Waals surface area (Å²) < 4.78 is 4.58. The number of likely N-dealkylation sites (N-methyl/N-ethyl adjacent to an activating group) is 1. The Balaban J connectivity index is 1.11. The number of benzene rings is 4. The lowest BCUT2D eigenvalue weighted by Crippen LogP contribution is -2.40. The Hall–Kier alpha value is -6.27. The average molecular weight is 755 g/mol. The summed E-state index contributed by atoms with van der Waals surface area (Å²) in [6.45, 7) is 5.82. The first kappa shape index (κ1) is 39.4. The number of methoxy groups -OCH3 is 1. The van der Waals surface area contributed by atoms with Gasteiger partial charge in [-0.25, -0.2) is 14.8 Å². The summed E-state index contributed by atoms with van der Waals surface area (Å²) in [7, 11) is 5.14. The molecule has 56 heavy (non-hydrogen) atoms. The van der Waals surface area contributed by atoms with Gasteiger partial charge in [-0.3, -0.25) is 14.5 Å². The van der Waals surface area contributed by atoms with Crippen LogP contribution in [0, 0.1) is 0 Å². The molecule has 1 unspecified atom stereocenters. The van der Waals surface area contributed by atoms with Crippen LogP contribution < -0.4 is 5.32 Å². The molecule has 6 rings (SSSR count). The molecule has 0 spiro atoms. The van der Waals surface area contributed by atoms with Gasteiger partial charge in [0, 0.05) is 18.7 Å². The van der Waals surface area contributed by atoms with E-state index >= 15 is 0 Å². The molecule has 3 amide bonds. The summed E-state index contributed by atoms with van der Waals surface area (Å²) in [6.07, 6.45) is 4.59. The van der Waals surface area contributed by atoms with Gasteiger partial charge in [0.05, 0.1) is 44.0 Å². The number of amides is 3. The number of hydrogen-bond acceptors (Lipinski definition) is 7. The normalized spacial score (nSPS) is 11.8. The van der Waals surface area contributed by atoms with Crippen LogP contribution in [0.15, 0.2) is 103 Å². The number of aromatic amines is 2. The van der Waals surface area contributed by atoms with E-state index in [1.54, 1.807) is 11.1 Å². The Kier molecular flexibility index (Phi) is 12.9. The van der Waals surface area contributed by atoms with Crippen molar-refractivity contribution >= 4 is 28.7 Å². The van der Waals surface area contributed by atoms with E-state index in [1.807, 2.05) is 67.3 Å². The van der Waals surface area contributed by atoms with Crippen LogP contribution >= 0.6 is 0 Å². The van der Waals surface area contributed by atoms with Crippen LogP contribution in [0.3, 0.4) is 0 Å². The summed E-state index contributed by atoms with van der Waals surface area (Å²) in [5.74, 6) is 1.25. The Labute approximate surface area is 327 Å². The molecule has 3 N–H and O–H groups in total. The molecule has 12 heteroatoms. The number of rotatable bonds is 16. The summed E-state index contributed by atoms with van der Waals surface area (Å²) >= 11 is 0. The highest BCUT2D eigenvalue weighted by Crippen LogP contribution is 2.30. The van der Waals surface area contributed by atoms with Gasteiger partial charge in [-0.1, -0.05) is 92.7 Å². The van der Waals surface area contributed by atoms with Crippen molar-refractivity contribution in [1.82, 2.24) is 40.0 Å². The fraction of sp³-hybridized carbons (Fsp3) is 0.295. The fourth-order valence-corrected chi connectivity index (χ4v) is 6.88. The number of hydrogen-bond donors (Lipinski definition) is 3. The first-order valence-corrected chi connectivity index (χ1v) is 19.0. The quantitative estimate of drug-likeness (QED) is 0.0935. The van der Waals surface area contributed by atoms with Gasteiger partial charge in [-0.2, -0.15) is 0 Å². The number of imidazole rings is 2. The minimum Gasteiger partial charge on any atom is -0.453 e. The number of ether oxygens (including phenoxy) is 1. The molecule has 1 atom stereocenters. The van der Waals surface area contributed by atoms with Gasteiger partial charge in [0.25, 0.3) is 0 Å². The second-order valence-corrected chi connectivity index (χ2v) is 14.0. The molecule has 2 heterocycles. The fourth-order valence-electron chi connectivity index (χ4n) is 6.88. The van der Waals surface area contributed by atoms with Crippen molar-refractivity contribution in [3.05, 3.63) is 121 Å². The van der Waals surface area contributed by atoms with E-state index in [4.69, 9.17) is 0 Å². The number of carbonyl (C=O) groups is 3. The maximum atomic E-state index is 13.8. The van der Waals surface area contributed by atoms with Crippen LogP contribution in [-0.2, 0) is 27.4 Å². The first-order valence-electron chi connectivity index (χ1n) is 19.0. The van der Waals surface area contributed by atoms with Gasteiger partial charge in [0.1, 0.15) is 24.2 Å². The predicted octanol–water partition coefficient (Wildman–Crippen LogP) is 7.42. The summed E-state index contributed by atoms with van der Waals surface area (Å²) in [5.41, 5.74) is 6.94. The molecule has 2 aromatic heterocycles. The Bertz CT molecular complexity index is 2250. The van der Waals surface area contributed by atoms with Gasteiger partial charge in [-0.15, -0.1) is 0 Å². The molecule has 0 aliphatic rings. The van der Waals surface area contributed by atoms with Gasteiger partial charge in [-0.05, 0) is 72.1 Å². The number of nitrogens with zero attached hydrogens (tertiary/aromatic N) is 5. The molecular weight excluding hydrogens is 705 g/mol. The third-order valence-corrected chi connectivity index (χ3v) is 9.71. The van der Waals surface area contributed by atoms with E-state index in [0.717, 1.165) is 68.6 Å². The van der Waals surface area contributed by atoms with Crippen LogP contribution in [-0.4, -0.2) is 93.4 Å². The van der Waals surface area contributed by atoms with Crippen LogP contribution in [0.1, 0.15) is 49.9 Å². The minimum atomic E-state index is -0.643. The number of fused-ring (bicyclic) bond motifs is 1. The molecule has 4 aromatic carbocycles. The number of H-pyrrole nitrogens is 2. The smallest absolute Gasteiger partial charge is 0.407 e. The zero-order valence-corrected chi connectivity index (χ0v) is 32.7. The van der Waals surface area contributed by atoms with Crippen molar-refractivity contribution < 1.29 is 19.1 Å². The van der Waals surface area contributed by atoms with Crippen LogP contribution in [0.4, 0.5) is 4.79 Å². The van der Waals surface area contributed by atoms with E-state index in [1.165, 1.54) is 7.11 Å². The number of nitrogens with one attached hydrogen (secondary N) is 3. The standard InChI is InChI=1S/C44H50N8O4/c1-6-21-51(41(53)27-47-44(55)56-5)28-39-46-26-38(49-39)36-20-19-34-23-33(17-18-35(34)24-36)30-13-15-31(16-14-30)37-25-45-40(48-37)29-52(22-7-2)43(54)42(50(3)4)32-11-9-8-10-12-32/h8-20,23-26,42H,6-7,21-22,27-29H2,1-5H3,(H,45,48)(H,46,49)(H,47,55). The maximum absolute atomic E-state index is 13.8. The van der Waals surface area contributed by atoms with E-state index in [2.05, 4.69) is 97.6 Å². The molecule has 0 aliphatic carbocycles. The lowest BCUT2D eigenvalue weighted by Gasteiger charge is -2.30. The zero-order chi connectivity index (χ0) is 39.6. The predicted molar refractivity (Wildman–Crippen MR) is 219 cm³/mol. The molecule has 0 bridgehead atoms. The Morgan fingerprint density at radius 1 is 0.696 bits per heavy atom. The maximum Gasteiger partial charge on any atom is 0.407 e. The summed E-state index contributed by atoms with van der Waals surface area (Å²) in [6, 6.07) is 30.7. The molecule has 0 fully saturated rings. The van der Waals surface area contributed by atoms with Crippen molar-refractivity contribution in [3.63, 3.8) is 0 Å². The third kappa shape index (κ3) is 9.50. The van der Waals surface area contributed by atoms with Crippen molar-refractivity contribution in [2.45, 2.75) is 45.8 Å². The van der Waals surface area contributed by atoms with E-state index < -0.39 is 6.09 Å². The lowest BCUT2D eigenvalue weighted by atomic mass is 9.98. The molecule has 0 saturated heterocycles. The minimum absolute atomic E-state index is 0.0555. The summed E-state index contributed by atoms with van der Waals surface area (Å²) in [5, 5.41) is 4.66. The van der Waals surface area contributed by atoms with Crippen LogP contribution in [0.25, 0.3) is 44.4 Å². The largest absolute Gasteiger partial charge is 0.453 e. The monoisotopic (exact) mass is 754 g/mol. The number of carbonyl (C=O) groups excluding carboxylic acids is 3. The van der Waals surface area contributed by atoms with E-state index in [-0.39, 0.29) is 24.4 Å².